The van der Waals surface area contributed by atoms with E-state index in [0.717, 1.165) is 12.3 Å². The number of aromatic nitrogens is 3. The number of ether oxygens (including phenoxy) is 2. The standard InChI is InChI=1S/C19H19F6N5O3/c1-10-9-32-7-6-28(10)15-14(20)16(31)30-12(19(23,24)25)4-5-29(18(30)27-15)11-2-3-13(26-8-11)33-17(21)22/h2-3,8,10,12,17H,4-7,9H2,1H3/t10-,12-/m1/s1. The van der Waals surface area contributed by atoms with E-state index >= 15 is 4.39 Å². The van der Waals surface area contributed by atoms with Gasteiger partial charge in [-0.25, -0.2) is 4.98 Å². The number of rotatable bonds is 4. The molecule has 4 heterocycles. The summed E-state index contributed by atoms with van der Waals surface area (Å²) in [5.74, 6) is -2.58. The molecular weight excluding hydrogens is 460 g/mol. The maximum Gasteiger partial charge on any atom is 0.409 e. The Balaban J connectivity index is 1.83. The van der Waals surface area contributed by atoms with Crippen molar-refractivity contribution >= 4 is 17.5 Å². The molecule has 1 fully saturated rings. The lowest BCUT2D eigenvalue weighted by Gasteiger charge is -2.39. The fraction of sp³-hybridized carbons (Fsp3) is 0.526. The SMILES string of the molecule is C[C@@H]1COCCN1c1nc2n(c(=O)c1F)[C@@H](C(F)(F)F)CCN2c1ccc(OC(F)F)nc1. The predicted octanol–water partition coefficient (Wildman–Crippen LogP) is 3.25. The molecule has 0 aliphatic carbocycles. The van der Waals surface area contributed by atoms with Crippen LogP contribution in [0.5, 0.6) is 5.88 Å². The molecule has 2 aromatic heterocycles. The van der Waals surface area contributed by atoms with Crippen molar-refractivity contribution in [2.24, 2.45) is 0 Å². The van der Waals surface area contributed by atoms with Crippen LogP contribution in [0.4, 0.5) is 43.8 Å². The summed E-state index contributed by atoms with van der Waals surface area (Å²) in [6.07, 6.45) is -4.28. The van der Waals surface area contributed by atoms with Gasteiger partial charge in [0.2, 0.25) is 17.6 Å². The summed E-state index contributed by atoms with van der Waals surface area (Å²) < 4.78 is 90.7. The average molecular weight is 479 g/mol. The third-order valence-corrected chi connectivity index (χ3v) is 5.46. The van der Waals surface area contributed by atoms with E-state index in [-0.39, 0.29) is 48.4 Å². The first-order valence-corrected chi connectivity index (χ1v) is 9.99. The van der Waals surface area contributed by atoms with Crippen molar-refractivity contribution in [1.29, 1.82) is 0 Å². The van der Waals surface area contributed by atoms with Gasteiger partial charge in [0.05, 0.1) is 31.1 Å². The van der Waals surface area contributed by atoms with Gasteiger partial charge >= 0.3 is 12.8 Å². The van der Waals surface area contributed by atoms with Crippen LogP contribution in [0.2, 0.25) is 0 Å². The summed E-state index contributed by atoms with van der Waals surface area (Å²) in [6.45, 7) is -0.972. The van der Waals surface area contributed by atoms with Crippen molar-refractivity contribution in [3.8, 4) is 5.88 Å². The number of halogens is 6. The molecule has 2 aliphatic heterocycles. The quantitative estimate of drug-likeness (QED) is 0.624. The first kappa shape index (κ1) is 23.1. The van der Waals surface area contributed by atoms with Crippen molar-refractivity contribution in [3.63, 3.8) is 0 Å². The third kappa shape index (κ3) is 4.43. The van der Waals surface area contributed by atoms with Crippen molar-refractivity contribution in [1.82, 2.24) is 14.5 Å². The predicted molar refractivity (Wildman–Crippen MR) is 104 cm³/mol. The van der Waals surface area contributed by atoms with Gasteiger partial charge in [0.15, 0.2) is 5.82 Å². The summed E-state index contributed by atoms with van der Waals surface area (Å²) >= 11 is 0. The molecule has 0 bridgehead atoms. The van der Waals surface area contributed by atoms with Crippen LogP contribution >= 0.6 is 0 Å². The van der Waals surface area contributed by atoms with Gasteiger partial charge < -0.3 is 19.3 Å². The Hall–Kier alpha value is -3.03. The topological polar surface area (TPSA) is 72.7 Å². The normalized spacial score (nSPS) is 21.3. The monoisotopic (exact) mass is 479 g/mol. The number of hydrogen-bond acceptors (Lipinski definition) is 7. The molecule has 0 spiro atoms. The fourth-order valence-electron chi connectivity index (χ4n) is 3.92. The Morgan fingerprint density at radius 2 is 2.00 bits per heavy atom. The summed E-state index contributed by atoms with van der Waals surface area (Å²) in [6, 6.07) is -0.251. The third-order valence-electron chi connectivity index (χ3n) is 5.46. The zero-order valence-electron chi connectivity index (χ0n) is 17.2. The van der Waals surface area contributed by atoms with Gasteiger partial charge in [-0.05, 0) is 19.4 Å². The first-order chi connectivity index (χ1) is 15.6. The maximum atomic E-state index is 15.0. The lowest BCUT2D eigenvalue weighted by atomic mass is 10.1. The Labute approximate surface area is 183 Å². The Bertz CT molecular complexity index is 1060. The van der Waals surface area contributed by atoms with E-state index in [1.54, 1.807) is 6.92 Å². The van der Waals surface area contributed by atoms with Gasteiger partial charge in [-0.2, -0.15) is 31.3 Å². The molecule has 2 atom stereocenters. The van der Waals surface area contributed by atoms with Gasteiger partial charge in [-0.3, -0.25) is 9.36 Å². The van der Waals surface area contributed by atoms with Crippen LogP contribution < -0.4 is 20.1 Å². The second-order valence-electron chi connectivity index (χ2n) is 7.57. The largest absolute Gasteiger partial charge is 0.417 e. The van der Waals surface area contributed by atoms with Gasteiger partial charge in [-0.1, -0.05) is 0 Å². The molecule has 0 amide bonds. The smallest absolute Gasteiger partial charge is 0.409 e. The van der Waals surface area contributed by atoms with Crippen LogP contribution in [0.3, 0.4) is 0 Å². The van der Waals surface area contributed by atoms with Crippen molar-refractivity contribution in [2.75, 3.05) is 36.1 Å². The highest BCUT2D eigenvalue weighted by atomic mass is 19.4. The van der Waals surface area contributed by atoms with Crippen LogP contribution in [0, 0.1) is 5.82 Å². The minimum Gasteiger partial charge on any atom is -0.417 e. The minimum atomic E-state index is -4.82. The zero-order valence-corrected chi connectivity index (χ0v) is 17.2. The molecule has 0 N–H and O–H groups in total. The van der Waals surface area contributed by atoms with Crippen LogP contribution in [0.25, 0.3) is 0 Å². The van der Waals surface area contributed by atoms with E-state index in [0.29, 0.717) is 0 Å². The second kappa shape index (κ2) is 8.72. The van der Waals surface area contributed by atoms with Crippen molar-refractivity contribution < 1.29 is 35.8 Å². The number of anilines is 3. The molecule has 0 unspecified atom stereocenters. The van der Waals surface area contributed by atoms with Gasteiger partial charge in [0, 0.05) is 19.2 Å². The van der Waals surface area contributed by atoms with Crippen LogP contribution in [-0.2, 0) is 4.74 Å². The molecule has 14 heteroatoms. The molecule has 1 saturated heterocycles. The van der Waals surface area contributed by atoms with E-state index in [2.05, 4.69) is 14.7 Å². The van der Waals surface area contributed by atoms with E-state index in [9.17, 15) is 26.7 Å². The Morgan fingerprint density at radius 1 is 1.24 bits per heavy atom. The number of fused-ring (bicyclic) bond motifs is 1. The Kier molecular flexibility index (Phi) is 6.12. The maximum absolute atomic E-state index is 15.0. The first-order valence-electron chi connectivity index (χ1n) is 9.99. The summed E-state index contributed by atoms with van der Waals surface area (Å²) in [5.41, 5.74) is -1.28. The van der Waals surface area contributed by atoms with Crippen LogP contribution in [0.15, 0.2) is 23.1 Å². The summed E-state index contributed by atoms with van der Waals surface area (Å²) in [4.78, 5) is 23.4. The van der Waals surface area contributed by atoms with Crippen molar-refractivity contribution in [2.45, 2.75) is 38.2 Å². The number of alkyl halides is 5. The van der Waals surface area contributed by atoms with Crippen molar-refractivity contribution in [3.05, 3.63) is 34.5 Å². The fourth-order valence-corrected chi connectivity index (χ4v) is 3.92. The molecule has 0 aromatic carbocycles. The molecule has 33 heavy (non-hydrogen) atoms. The van der Waals surface area contributed by atoms with E-state index in [1.165, 1.54) is 15.9 Å². The highest BCUT2D eigenvalue weighted by molar-refractivity contribution is 5.60. The highest BCUT2D eigenvalue weighted by Gasteiger charge is 2.47. The Morgan fingerprint density at radius 3 is 2.61 bits per heavy atom. The van der Waals surface area contributed by atoms with Gasteiger partial charge in [0.1, 0.15) is 6.04 Å². The number of nitrogens with zero attached hydrogens (tertiary/aromatic N) is 5. The van der Waals surface area contributed by atoms with Crippen LogP contribution in [0.1, 0.15) is 19.4 Å². The summed E-state index contributed by atoms with van der Waals surface area (Å²) in [5, 5.41) is 0. The zero-order chi connectivity index (χ0) is 23.9. The number of morpholine rings is 1. The van der Waals surface area contributed by atoms with E-state index in [4.69, 9.17) is 4.74 Å². The molecular formula is C19H19F6N5O3. The van der Waals surface area contributed by atoms with Gasteiger partial charge in [0.25, 0.3) is 5.56 Å². The molecule has 8 nitrogen and oxygen atoms in total. The molecule has 180 valence electrons. The van der Waals surface area contributed by atoms with Crippen LogP contribution in [-0.4, -0.2) is 59.7 Å². The lowest BCUT2D eigenvalue weighted by Crippen LogP contribution is -2.49. The summed E-state index contributed by atoms with van der Waals surface area (Å²) in [7, 11) is 0. The minimum absolute atomic E-state index is 0.172. The molecule has 2 aromatic rings. The number of pyridine rings is 1. The van der Waals surface area contributed by atoms with E-state index in [1.807, 2.05) is 0 Å². The molecule has 2 aliphatic rings. The molecule has 0 saturated carbocycles. The second-order valence-corrected chi connectivity index (χ2v) is 7.57. The molecule has 4 rings (SSSR count). The number of hydrogen-bond donors (Lipinski definition) is 0. The molecule has 0 radical (unpaired) electrons. The van der Waals surface area contributed by atoms with E-state index < -0.39 is 48.5 Å². The average Bonchev–Trinajstić information content (AvgIpc) is 2.75. The van der Waals surface area contributed by atoms with Gasteiger partial charge in [-0.15, -0.1) is 0 Å². The highest BCUT2D eigenvalue weighted by Crippen LogP contribution is 2.41. The lowest BCUT2D eigenvalue weighted by molar-refractivity contribution is -0.170.